The number of hydrogen-bond acceptors (Lipinski definition) is 3. The van der Waals surface area contributed by atoms with Gasteiger partial charge in [0, 0.05) is 42.3 Å². The van der Waals surface area contributed by atoms with Gasteiger partial charge in [-0.3, -0.25) is 9.20 Å². The first-order chi connectivity index (χ1) is 21.2. The highest BCUT2D eigenvalue weighted by Crippen LogP contribution is 2.29. The van der Waals surface area contributed by atoms with Gasteiger partial charge in [0.25, 0.3) is 0 Å². The zero-order chi connectivity index (χ0) is 29.0. The Morgan fingerprint density at radius 1 is 0.744 bits per heavy atom. The molecule has 0 bridgehead atoms. The van der Waals surface area contributed by atoms with Gasteiger partial charge in [0.15, 0.2) is 4.96 Å². The second kappa shape index (κ2) is 12.1. The summed E-state index contributed by atoms with van der Waals surface area (Å²) < 4.78 is 2.19. The van der Waals surface area contributed by atoms with Gasteiger partial charge in [-0.15, -0.1) is 11.3 Å². The van der Waals surface area contributed by atoms with Crippen LogP contribution in [0.4, 0.5) is 0 Å². The third-order valence-corrected chi connectivity index (χ3v) is 8.90. The molecule has 1 amide bonds. The molecule has 0 spiro atoms. The van der Waals surface area contributed by atoms with Gasteiger partial charge in [-0.2, -0.15) is 0 Å². The largest absolute Gasteiger partial charge is 0.337 e. The monoisotopic (exact) mass is 577 g/mol. The minimum Gasteiger partial charge on any atom is -0.337 e. The maximum Gasteiger partial charge on any atom is 0.234 e. The lowest BCUT2D eigenvalue weighted by molar-refractivity contribution is -0.132. The quantitative estimate of drug-likeness (QED) is 0.172. The van der Waals surface area contributed by atoms with Crippen molar-refractivity contribution in [3.05, 3.63) is 167 Å². The SMILES string of the molecule is O=C(C(c1ccccc1)c1ccccc1)N(CCc1csc2nc(-c3ccc4ccccc4c3)cn12)Cc1ccccc1. The molecule has 4 nitrogen and oxygen atoms in total. The molecule has 0 aliphatic heterocycles. The van der Waals surface area contributed by atoms with Crippen molar-refractivity contribution in [3.63, 3.8) is 0 Å². The number of fused-ring (bicyclic) bond motifs is 2. The Morgan fingerprint density at radius 2 is 1.37 bits per heavy atom. The molecule has 0 radical (unpaired) electrons. The van der Waals surface area contributed by atoms with Crippen LogP contribution in [0.25, 0.3) is 27.0 Å². The first kappa shape index (κ1) is 26.9. The molecule has 0 aliphatic rings. The van der Waals surface area contributed by atoms with Gasteiger partial charge in [0.2, 0.25) is 5.91 Å². The van der Waals surface area contributed by atoms with Crippen LogP contribution in [0.1, 0.15) is 28.3 Å². The van der Waals surface area contributed by atoms with E-state index in [1.807, 2.05) is 59.5 Å². The van der Waals surface area contributed by atoms with Crippen molar-refractivity contribution in [1.82, 2.24) is 14.3 Å². The van der Waals surface area contributed by atoms with Crippen molar-refractivity contribution in [1.29, 1.82) is 0 Å². The number of nitrogens with zero attached hydrogens (tertiary/aromatic N) is 3. The van der Waals surface area contributed by atoms with Crippen LogP contribution in [-0.4, -0.2) is 26.7 Å². The van der Waals surface area contributed by atoms with Gasteiger partial charge in [-0.25, -0.2) is 4.98 Å². The van der Waals surface area contributed by atoms with Crippen molar-refractivity contribution < 1.29 is 4.79 Å². The van der Waals surface area contributed by atoms with E-state index in [1.54, 1.807) is 11.3 Å². The van der Waals surface area contributed by atoms with Gasteiger partial charge in [-0.05, 0) is 33.5 Å². The Bertz CT molecular complexity index is 1940. The second-order valence-corrected chi connectivity index (χ2v) is 11.7. The Labute approximate surface area is 255 Å². The van der Waals surface area contributed by atoms with Gasteiger partial charge < -0.3 is 4.90 Å². The first-order valence-electron chi connectivity index (χ1n) is 14.6. The molecule has 0 saturated carbocycles. The summed E-state index contributed by atoms with van der Waals surface area (Å²) in [6.45, 7) is 1.15. The topological polar surface area (TPSA) is 37.6 Å². The third kappa shape index (κ3) is 5.72. The summed E-state index contributed by atoms with van der Waals surface area (Å²) in [7, 11) is 0. The molecule has 2 heterocycles. The van der Waals surface area contributed by atoms with Gasteiger partial charge in [0.1, 0.15) is 0 Å². The highest BCUT2D eigenvalue weighted by molar-refractivity contribution is 7.15. The molecule has 43 heavy (non-hydrogen) atoms. The normalized spacial score (nSPS) is 11.4. The third-order valence-electron chi connectivity index (χ3n) is 8.01. The van der Waals surface area contributed by atoms with Crippen LogP contribution in [0.5, 0.6) is 0 Å². The number of benzene rings is 5. The van der Waals surface area contributed by atoms with Crippen LogP contribution < -0.4 is 0 Å². The second-order valence-electron chi connectivity index (χ2n) is 10.8. The molecule has 0 fully saturated rings. The summed E-state index contributed by atoms with van der Waals surface area (Å²) in [5, 5.41) is 4.60. The molecule has 0 saturated heterocycles. The molecular weight excluding hydrogens is 547 g/mol. The molecule has 0 aliphatic carbocycles. The Morgan fingerprint density at radius 3 is 2.07 bits per heavy atom. The number of thiazole rings is 1. The van der Waals surface area contributed by atoms with Crippen LogP contribution in [0.2, 0.25) is 0 Å². The van der Waals surface area contributed by atoms with Gasteiger partial charge in [0.05, 0.1) is 11.6 Å². The van der Waals surface area contributed by atoms with Crippen molar-refractivity contribution in [2.45, 2.75) is 18.9 Å². The number of imidazole rings is 1. The van der Waals surface area contributed by atoms with Crippen LogP contribution in [0.15, 0.2) is 145 Å². The van der Waals surface area contributed by atoms with E-state index in [1.165, 1.54) is 10.8 Å². The molecule has 7 aromatic rings. The highest BCUT2D eigenvalue weighted by atomic mass is 32.1. The number of carbonyl (C=O) groups is 1. The van der Waals surface area contributed by atoms with E-state index < -0.39 is 0 Å². The Kier molecular flexibility index (Phi) is 7.55. The summed E-state index contributed by atoms with van der Waals surface area (Å²) in [6, 6.07) is 45.4. The van der Waals surface area contributed by atoms with E-state index in [4.69, 9.17) is 4.98 Å². The lowest BCUT2D eigenvalue weighted by atomic mass is 9.89. The van der Waals surface area contributed by atoms with Gasteiger partial charge >= 0.3 is 0 Å². The Balaban J connectivity index is 1.19. The van der Waals surface area contributed by atoms with E-state index in [-0.39, 0.29) is 11.8 Å². The first-order valence-corrected chi connectivity index (χ1v) is 15.5. The summed E-state index contributed by atoms with van der Waals surface area (Å²) >= 11 is 1.65. The summed E-state index contributed by atoms with van der Waals surface area (Å²) in [4.78, 5) is 22.4. The molecule has 0 N–H and O–H groups in total. The van der Waals surface area contributed by atoms with E-state index in [9.17, 15) is 4.79 Å². The van der Waals surface area contributed by atoms with Gasteiger partial charge in [-0.1, -0.05) is 127 Å². The zero-order valence-electron chi connectivity index (χ0n) is 23.7. The molecular formula is C38H31N3OS. The predicted octanol–water partition coefficient (Wildman–Crippen LogP) is 8.62. The lowest BCUT2D eigenvalue weighted by Gasteiger charge is -2.28. The number of carbonyl (C=O) groups excluding carboxylic acids is 1. The van der Waals surface area contributed by atoms with Crippen molar-refractivity contribution in [2.75, 3.05) is 6.54 Å². The molecule has 7 rings (SSSR count). The molecule has 2 aromatic heterocycles. The smallest absolute Gasteiger partial charge is 0.234 e. The minimum atomic E-state index is -0.374. The fourth-order valence-electron chi connectivity index (χ4n) is 5.77. The lowest BCUT2D eigenvalue weighted by Crippen LogP contribution is -2.37. The summed E-state index contributed by atoms with van der Waals surface area (Å²) in [6.07, 6.45) is 2.85. The van der Waals surface area contributed by atoms with Crippen molar-refractivity contribution >= 4 is 33.0 Å². The molecule has 0 atom stereocenters. The maximum atomic E-state index is 14.5. The Hall–Kier alpha value is -5.00. The number of aromatic nitrogens is 2. The molecule has 210 valence electrons. The molecule has 5 heteroatoms. The van der Waals surface area contributed by atoms with Crippen LogP contribution >= 0.6 is 11.3 Å². The summed E-state index contributed by atoms with van der Waals surface area (Å²) in [5.74, 6) is -0.267. The molecule has 0 unspecified atom stereocenters. The fourth-order valence-corrected chi connectivity index (χ4v) is 6.68. The maximum absolute atomic E-state index is 14.5. The summed E-state index contributed by atoms with van der Waals surface area (Å²) in [5.41, 5.74) is 6.35. The van der Waals surface area contributed by atoms with E-state index in [0.717, 1.165) is 45.0 Å². The molecule has 5 aromatic carbocycles. The number of rotatable bonds is 9. The van der Waals surface area contributed by atoms with Crippen molar-refractivity contribution in [3.8, 4) is 11.3 Å². The van der Waals surface area contributed by atoms with E-state index in [2.05, 4.69) is 94.8 Å². The minimum absolute atomic E-state index is 0.107. The number of amides is 1. The van der Waals surface area contributed by atoms with Crippen LogP contribution in [-0.2, 0) is 17.8 Å². The van der Waals surface area contributed by atoms with Crippen LogP contribution in [0, 0.1) is 0 Å². The highest BCUT2D eigenvalue weighted by Gasteiger charge is 2.28. The van der Waals surface area contributed by atoms with E-state index in [0.29, 0.717) is 13.1 Å². The van der Waals surface area contributed by atoms with E-state index >= 15 is 0 Å². The zero-order valence-corrected chi connectivity index (χ0v) is 24.5. The predicted molar refractivity (Wildman–Crippen MR) is 176 cm³/mol. The number of hydrogen-bond donors (Lipinski definition) is 0. The fraction of sp³-hybridized carbons (Fsp3) is 0.105. The average molecular weight is 578 g/mol. The standard InChI is InChI=1S/C38H31N3OS/c42-37(36(30-15-6-2-7-16-30)31-17-8-3-9-18-31)40(25-28-12-4-1-5-13-28)23-22-34-27-43-38-39-35(26-41(34)38)33-21-20-29-14-10-11-19-32(29)24-33/h1-21,24,26-27,36H,22-23,25H2. The average Bonchev–Trinajstić information content (AvgIpc) is 3.66. The van der Waals surface area contributed by atoms with Crippen molar-refractivity contribution in [2.24, 2.45) is 0 Å². The van der Waals surface area contributed by atoms with Crippen LogP contribution in [0.3, 0.4) is 0 Å².